The zero-order valence-electron chi connectivity index (χ0n) is 15.2. The summed E-state index contributed by atoms with van der Waals surface area (Å²) < 4.78 is 15.2. The molecule has 1 saturated carbocycles. The van der Waals surface area contributed by atoms with Crippen LogP contribution in [0.2, 0.25) is 0 Å². The molecule has 27 heavy (non-hydrogen) atoms. The van der Waals surface area contributed by atoms with Crippen molar-refractivity contribution in [1.82, 2.24) is 4.90 Å². The summed E-state index contributed by atoms with van der Waals surface area (Å²) in [5, 5.41) is 0. The maximum Gasteiger partial charge on any atom is 0.355 e. The van der Waals surface area contributed by atoms with E-state index in [2.05, 4.69) is 0 Å². The van der Waals surface area contributed by atoms with Crippen molar-refractivity contribution in [1.29, 1.82) is 0 Å². The van der Waals surface area contributed by atoms with Gasteiger partial charge in [-0.1, -0.05) is 12.1 Å². The zero-order chi connectivity index (χ0) is 19.1. The second kappa shape index (κ2) is 6.70. The van der Waals surface area contributed by atoms with Gasteiger partial charge in [-0.05, 0) is 24.5 Å². The van der Waals surface area contributed by atoms with E-state index >= 15 is 0 Å². The molecule has 2 aliphatic heterocycles. The normalized spacial score (nSPS) is 19.3. The van der Waals surface area contributed by atoms with Crippen molar-refractivity contribution in [3.8, 4) is 0 Å². The predicted octanol–water partition coefficient (Wildman–Crippen LogP) is 1.20. The van der Waals surface area contributed by atoms with Crippen LogP contribution < -0.4 is 4.90 Å². The highest BCUT2D eigenvalue weighted by Crippen LogP contribution is 2.40. The van der Waals surface area contributed by atoms with Crippen molar-refractivity contribution in [2.75, 3.05) is 32.5 Å². The molecule has 0 saturated heterocycles. The average molecular weight is 372 g/mol. The first-order valence-corrected chi connectivity index (χ1v) is 8.74. The molecule has 1 aliphatic carbocycles. The number of hydrogen-bond acceptors (Lipinski definition) is 7. The molecule has 0 N–H and O–H groups in total. The van der Waals surface area contributed by atoms with Crippen molar-refractivity contribution in [3.63, 3.8) is 0 Å². The van der Waals surface area contributed by atoms with E-state index in [0.29, 0.717) is 17.8 Å². The highest BCUT2D eigenvalue weighted by Gasteiger charge is 2.41. The molecule has 0 atom stereocenters. The number of carbonyl (C=O) groups is 3. The standard InChI is InChI=1S/C19H20N2O6/c1-25-18(23)13-9-27-10-21(16(13)19(24)26-2)14-5-3-4-11-8-20(12-6-7-12)17(22)15(11)14/h3-5,12H,6-10H2,1-2H3. The van der Waals surface area contributed by atoms with Crippen molar-refractivity contribution >= 4 is 23.5 Å². The molecule has 1 aromatic carbocycles. The number of hydrogen-bond donors (Lipinski definition) is 0. The fourth-order valence-corrected chi connectivity index (χ4v) is 3.60. The molecular formula is C19H20N2O6. The topological polar surface area (TPSA) is 85.4 Å². The smallest absolute Gasteiger partial charge is 0.355 e. The van der Waals surface area contributed by atoms with Crippen LogP contribution in [0.15, 0.2) is 29.5 Å². The van der Waals surface area contributed by atoms with Crippen LogP contribution in [-0.4, -0.2) is 56.3 Å². The van der Waals surface area contributed by atoms with E-state index in [0.717, 1.165) is 18.4 Å². The molecule has 8 nitrogen and oxygen atoms in total. The lowest BCUT2D eigenvalue weighted by atomic mass is 10.0. The number of ether oxygens (including phenoxy) is 3. The Bertz CT molecular complexity index is 858. The van der Waals surface area contributed by atoms with Gasteiger partial charge in [0.1, 0.15) is 12.4 Å². The molecule has 2 heterocycles. The number of amides is 1. The van der Waals surface area contributed by atoms with Gasteiger partial charge in [0.05, 0.1) is 37.7 Å². The van der Waals surface area contributed by atoms with Gasteiger partial charge in [-0.25, -0.2) is 9.59 Å². The summed E-state index contributed by atoms with van der Waals surface area (Å²) in [6.07, 6.45) is 2.03. The molecule has 1 fully saturated rings. The Balaban J connectivity index is 1.81. The summed E-state index contributed by atoms with van der Waals surface area (Å²) >= 11 is 0. The second-order valence-corrected chi connectivity index (χ2v) is 6.69. The maximum absolute atomic E-state index is 13.0. The van der Waals surface area contributed by atoms with E-state index in [1.165, 1.54) is 19.1 Å². The number of benzene rings is 1. The van der Waals surface area contributed by atoms with E-state index in [1.807, 2.05) is 17.0 Å². The summed E-state index contributed by atoms with van der Waals surface area (Å²) in [5.41, 5.74) is 2.08. The zero-order valence-corrected chi connectivity index (χ0v) is 15.2. The van der Waals surface area contributed by atoms with Crippen LogP contribution in [0.5, 0.6) is 0 Å². The quantitative estimate of drug-likeness (QED) is 0.734. The summed E-state index contributed by atoms with van der Waals surface area (Å²) in [6, 6.07) is 5.78. The maximum atomic E-state index is 13.0. The molecule has 4 rings (SSSR count). The van der Waals surface area contributed by atoms with Crippen LogP contribution in [0.25, 0.3) is 0 Å². The van der Waals surface area contributed by atoms with Gasteiger partial charge in [-0.2, -0.15) is 0 Å². The van der Waals surface area contributed by atoms with E-state index in [-0.39, 0.29) is 36.6 Å². The van der Waals surface area contributed by atoms with Crippen LogP contribution in [0, 0.1) is 0 Å². The Morgan fingerprint density at radius 2 is 1.89 bits per heavy atom. The van der Waals surface area contributed by atoms with Crippen LogP contribution in [0.1, 0.15) is 28.8 Å². The number of carbonyl (C=O) groups excluding carboxylic acids is 3. The van der Waals surface area contributed by atoms with Crippen LogP contribution in [0.4, 0.5) is 5.69 Å². The van der Waals surface area contributed by atoms with E-state index in [1.54, 1.807) is 6.07 Å². The van der Waals surface area contributed by atoms with Gasteiger partial charge >= 0.3 is 11.9 Å². The van der Waals surface area contributed by atoms with E-state index in [9.17, 15) is 14.4 Å². The van der Waals surface area contributed by atoms with Crippen molar-refractivity contribution < 1.29 is 28.6 Å². The molecule has 142 valence electrons. The number of methoxy groups -OCH3 is 2. The lowest BCUT2D eigenvalue weighted by Gasteiger charge is -2.32. The summed E-state index contributed by atoms with van der Waals surface area (Å²) in [4.78, 5) is 41.0. The number of anilines is 1. The fraction of sp³-hybridized carbons (Fsp3) is 0.421. The molecule has 0 spiro atoms. The van der Waals surface area contributed by atoms with E-state index < -0.39 is 11.9 Å². The summed E-state index contributed by atoms with van der Waals surface area (Å²) in [6.45, 7) is 0.519. The minimum absolute atomic E-state index is 0.0259. The van der Waals surface area contributed by atoms with Gasteiger partial charge in [0.25, 0.3) is 5.91 Å². The highest BCUT2D eigenvalue weighted by atomic mass is 16.5. The lowest BCUT2D eigenvalue weighted by molar-refractivity contribution is -0.140. The predicted molar refractivity (Wildman–Crippen MR) is 93.7 cm³/mol. The Kier molecular flexibility index (Phi) is 4.35. The van der Waals surface area contributed by atoms with Crippen molar-refractivity contribution in [2.24, 2.45) is 0 Å². The largest absolute Gasteiger partial charge is 0.466 e. The Hall–Kier alpha value is -2.87. The molecule has 0 aromatic heterocycles. The number of nitrogens with zero attached hydrogens (tertiary/aromatic N) is 2. The monoisotopic (exact) mass is 372 g/mol. The Morgan fingerprint density at radius 3 is 2.56 bits per heavy atom. The fourth-order valence-electron chi connectivity index (χ4n) is 3.60. The third-order valence-corrected chi connectivity index (χ3v) is 5.06. The van der Waals surface area contributed by atoms with Crippen molar-refractivity contribution in [3.05, 3.63) is 40.6 Å². The Morgan fingerprint density at radius 1 is 1.15 bits per heavy atom. The molecular weight excluding hydrogens is 352 g/mol. The SMILES string of the molecule is COC(=O)C1=C(C(=O)OC)N(c2cccc3c2C(=O)N(C2CC2)C3)COC1. The van der Waals surface area contributed by atoms with Gasteiger partial charge in [0.15, 0.2) is 0 Å². The van der Waals surface area contributed by atoms with Crippen LogP contribution >= 0.6 is 0 Å². The second-order valence-electron chi connectivity index (χ2n) is 6.69. The number of esters is 2. The highest BCUT2D eigenvalue weighted by molar-refractivity contribution is 6.08. The van der Waals surface area contributed by atoms with Crippen molar-refractivity contribution in [2.45, 2.75) is 25.4 Å². The van der Waals surface area contributed by atoms with Gasteiger partial charge in [-0.3, -0.25) is 4.79 Å². The molecule has 3 aliphatic rings. The molecule has 0 bridgehead atoms. The minimum atomic E-state index is -0.680. The average Bonchev–Trinajstić information content (AvgIpc) is 3.49. The molecule has 0 unspecified atom stereocenters. The lowest BCUT2D eigenvalue weighted by Crippen LogP contribution is -2.39. The van der Waals surface area contributed by atoms with Gasteiger partial charge in [0, 0.05) is 12.6 Å². The third-order valence-electron chi connectivity index (χ3n) is 5.06. The Labute approximate surface area is 156 Å². The van der Waals surface area contributed by atoms with Gasteiger partial charge in [0.2, 0.25) is 0 Å². The van der Waals surface area contributed by atoms with E-state index in [4.69, 9.17) is 14.2 Å². The van der Waals surface area contributed by atoms with Gasteiger partial charge < -0.3 is 24.0 Å². The third kappa shape index (κ3) is 2.86. The first kappa shape index (κ1) is 17.5. The first-order valence-electron chi connectivity index (χ1n) is 8.74. The minimum Gasteiger partial charge on any atom is -0.466 e. The summed E-state index contributed by atoms with van der Waals surface area (Å²) in [5.74, 6) is -1.41. The van der Waals surface area contributed by atoms with Gasteiger partial charge in [-0.15, -0.1) is 0 Å². The van der Waals surface area contributed by atoms with Crippen LogP contribution in [0.3, 0.4) is 0 Å². The van der Waals surface area contributed by atoms with Crippen LogP contribution in [-0.2, 0) is 30.3 Å². The molecule has 8 heteroatoms. The molecule has 0 radical (unpaired) electrons. The summed E-state index contributed by atoms with van der Waals surface area (Å²) in [7, 11) is 2.48. The molecule has 1 aromatic rings. The molecule has 1 amide bonds. The number of fused-ring (bicyclic) bond motifs is 1. The first-order chi connectivity index (χ1) is 13.1. The number of rotatable bonds is 4.